The van der Waals surface area contributed by atoms with Crippen LogP contribution in [0.1, 0.15) is 38.7 Å². The number of aliphatic hydroxyl groups excluding tert-OH is 1. The number of β-amino-alcohol motifs (C(OH)–C–C–N with tert-alkyl or cyclic N) is 1. The van der Waals surface area contributed by atoms with Crippen LogP contribution in [0.3, 0.4) is 0 Å². The van der Waals surface area contributed by atoms with Gasteiger partial charge in [-0.1, -0.05) is 52.3 Å². The zero-order valence-electron chi connectivity index (χ0n) is 16.8. The highest BCUT2D eigenvalue weighted by Crippen LogP contribution is 2.46. The number of alkyl halides is 1. The molecule has 1 aliphatic heterocycles. The van der Waals surface area contributed by atoms with E-state index in [1.54, 1.807) is 6.92 Å². The molecule has 0 radical (unpaired) electrons. The van der Waals surface area contributed by atoms with E-state index in [-0.39, 0.29) is 6.54 Å². The molecule has 1 aromatic rings. The summed E-state index contributed by atoms with van der Waals surface area (Å²) in [6.07, 6.45) is 6.83. The Bertz CT molecular complexity index is 925. The van der Waals surface area contributed by atoms with Gasteiger partial charge in [-0.05, 0) is 61.6 Å². The van der Waals surface area contributed by atoms with Crippen molar-refractivity contribution in [1.29, 1.82) is 0 Å². The van der Waals surface area contributed by atoms with Crippen LogP contribution in [0.5, 0.6) is 0 Å². The number of allylic oxidation sites excluding steroid dienone is 2. The molecule has 0 saturated heterocycles. The molecule has 4 nitrogen and oxygen atoms in total. The molecule has 0 bridgehead atoms. The van der Waals surface area contributed by atoms with Crippen LogP contribution in [-0.2, 0) is 10.0 Å². The van der Waals surface area contributed by atoms with Gasteiger partial charge < -0.3 is 5.11 Å². The van der Waals surface area contributed by atoms with Crippen molar-refractivity contribution in [1.82, 2.24) is 4.31 Å². The first kappa shape index (κ1) is 22.7. The third kappa shape index (κ3) is 4.84. The fourth-order valence-electron chi connectivity index (χ4n) is 3.80. The Morgan fingerprint density at radius 1 is 1.28 bits per heavy atom. The van der Waals surface area contributed by atoms with Gasteiger partial charge in [0.25, 0.3) is 0 Å². The van der Waals surface area contributed by atoms with Gasteiger partial charge in [0.05, 0.1) is 12.6 Å². The first-order valence-electron chi connectivity index (χ1n) is 9.83. The van der Waals surface area contributed by atoms with Gasteiger partial charge in [-0.3, -0.25) is 4.31 Å². The summed E-state index contributed by atoms with van der Waals surface area (Å²) >= 11 is 5.30. The van der Waals surface area contributed by atoms with Crippen LogP contribution in [0.15, 0.2) is 59.2 Å². The van der Waals surface area contributed by atoms with E-state index in [0.29, 0.717) is 6.42 Å². The molecule has 1 aliphatic carbocycles. The van der Waals surface area contributed by atoms with E-state index in [9.17, 15) is 13.5 Å². The lowest BCUT2D eigenvalue weighted by atomic mass is 9.87. The molecule has 1 N–H and O–H groups in total. The number of sulfonamides is 1. The molecule has 2 atom stereocenters. The van der Waals surface area contributed by atoms with Crippen LogP contribution in [0.25, 0.3) is 5.57 Å². The number of rotatable bonds is 8. The minimum absolute atomic E-state index is 0.0867. The van der Waals surface area contributed by atoms with Gasteiger partial charge >= 0.3 is 0 Å². The maximum absolute atomic E-state index is 13.5. The molecule has 1 aromatic carbocycles. The van der Waals surface area contributed by atoms with E-state index in [1.165, 1.54) is 21.5 Å². The molecule has 2 aliphatic rings. The van der Waals surface area contributed by atoms with Crippen LogP contribution < -0.4 is 0 Å². The van der Waals surface area contributed by atoms with Gasteiger partial charge in [-0.15, -0.1) is 11.8 Å². The number of benzene rings is 1. The summed E-state index contributed by atoms with van der Waals surface area (Å²) in [5, 5.41) is 10.8. The van der Waals surface area contributed by atoms with Gasteiger partial charge in [0, 0.05) is 16.4 Å². The van der Waals surface area contributed by atoms with Crippen LogP contribution in [-0.4, -0.2) is 46.3 Å². The Labute approximate surface area is 186 Å². The van der Waals surface area contributed by atoms with Crippen LogP contribution in [0.4, 0.5) is 0 Å². The maximum Gasteiger partial charge on any atom is 0.244 e. The Balaban J connectivity index is 1.97. The molecule has 7 heteroatoms. The van der Waals surface area contributed by atoms with Crippen LogP contribution in [0, 0.1) is 0 Å². The minimum Gasteiger partial charge on any atom is -0.387 e. The zero-order chi connectivity index (χ0) is 21.1. The van der Waals surface area contributed by atoms with Gasteiger partial charge in [-0.2, -0.15) is 0 Å². The topological polar surface area (TPSA) is 57.6 Å². The molecule has 3 rings (SSSR count). The van der Waals surface area contributed by atoms with E-state index in [0.717, 1.165) is 40.6 Å². The normalized spacial score (nSPS) is 24.9. The highest BCUT2D eigenvalue weighted by molar-refractivity contribution is 9.09. The van der Waals surface area contributed by atoms with Crippen molar-refractivity contribution < 1.29 is 13.5 Å². The number of hydrogen-bond donors (Lipinski definition) is 1. The van der Waals surface area contributed by atoms with Crippen molar-refractivity contribution in [3.05, 3.63) is 64.7 Å². The summed E-state index contributed by atoms with van der Waals surface area (Å²) in [6, 6.07) is 10.1. The summed E-state index contributed by atoms with van der Waals surface area (Å²) in [7, 11) is -3.66. The standard InChI is InChI=1S/C22H28BrNO3S2/c1-17-14-22(2,29(26,27)24-12-10-19(25)16-24)15-20(18-8-4-3-5-9-18)21(17)28-13-7-6-11-23/h3-5,8-10,12,14,19,25H,6-7,11,13,15-16H2,1-2H3. The highest BCUT2D eigenvalue weighted by Gasteiger charge is 2.45. The lowest BCUT2D eigenvalue weighted by Crippen LogP contribution is -2.44. The molecule has 0 fully saturated rings. The molecule has 0 spiro atoms. The van der Waals surface area contributed by atoms with Crippen molar-refractivity contribution in [3.8, 4) is 0 Å². The third-order valence-corrected chi connectivity index (χ3v) is 9.56. The fourth-order valence-corrected chi connectivity index (χ4v) is 7.17. The summed E-state index contributed by atoms with van der Waals surface area (Å²) in [5.74, 6) is 1.01. The lowest BCUT2D eigenvalue weighted by molar-refractivity contribution is 0.217. The average molecular weight is 499 g/mol. The molecular weight excluding hydrogens is 470 g/mol. The van der Waals surface area contributed by atoms with Crippen molar-refractivity contribution >= 4 is 43.3 Å². The number of aliphatic hydroxyl groups is 1. The zero-order valence-corrected chi connectivity index (χ0v) is 20.1. The summed E-state index contributed by atoms with van der Waals surface area (Å²) < 4.78 is 27.2. The Hall–Kier alpha value is -1.02. The highest BCUT2D eigenvalue weighted by atomic mass is 79.9. The lowest BCUT2D eigenvalue weighted by Gasteiger charge is -2.36. The summed E-state index contributed by atoms with van der Waals surface area (Å²) in [6.45, 7) is 3.89. The van der Waals surface area contributed by atoms with Gasteiger partial charge in [0.15, 0.2) is 0 Å². The van der Waals surface area contributed by atoms with Crippen molar-refractivity contribution in [2.75, 3.05) is 17.6 Å². The quantitative estimate of drug-likeness (QED) is 0.408. The summed E-state index contributed by atoms with van der Waals surface area (Å²) in [4.78, 5) is 1.19. The summed E-state index contributed by atoms with van der Waals surface area (Å²) in [5.41, 5.74) is 3.17. The van der Waals surface area contributed by atoms with Crippen molar-refractivity contribution in [2.24, 2.45) is 0 Å². The van der Waals surface area contributed by atoms with Gasteiger partial charge in [0.1, 0.15) is 4.75 Å². The molecule has 0 saturated carbocycles. The molecule has 29 heavy (non-hydrogen) atoms. The number of nitrogens with zero attached hydrogens (tertiary/aromatic N) is 1. The van der Waals surface area contributed by atoms with E-state index < -0.39 is 20.9 Å². The molecule has 2 unspecified atom stereocenters. The third-order valence-electron chi connectivity index (χ3n) is 5.32. The monoisotopic (exact) mass is 497 g/mol. The van der Waals surface area contributed by atoms with Crippen molar-refractivity contribution in [3.63, 3.8) is 0 Å². The smallest absolute Gasteiger partial charge is 0.244 e. The average Bonchev–Trinajstić information content (AvgIpc) is 3.14. The van der Waals surface area contributed by atoms with Crippen molar-refractivity contribution in [2.45, 2.75) is 44.0 Å². The second-order valence-electron chi connectivity index (χ2n) is 7.72. The minimum atomic E-state index is -3.66. The molecule has 158 valence electrons. The predicted octanol–water partition coefficient (Wildman–Crippen LogP) is 4.93. The van der Waals surface area contributed by atoms with Crippen LogP contribution >= 0.6 is 27.7 Å². The second kappa shape index (κ2) is 9.41. The number of unbranched alkanes of at least 4 members (excludes halogenated alkanes) is 1. The second-order valence-corrected chi connectivity index (χ2v) is 12.0. The maximum atomic E-state index is 13.5. The fraction of sp³-hybridized carbons (Fsp3) is 0.455. The molecule has 0 amide bonds. The number of halogens is 1. The predicted molar refractivity (Wildman–Crippen MR) is 126 cm³/mol. The molecular formula is C22H28BrNO3S2. The first-order valence-corrected chi connectivity index (χ1v) is 13.4. The largest absolute Gasteiger partial charge is 0.387 e. The molecule has 1 heterocycles. The van der Waals surface area contributed by atoms with E-state index >= 15 is 0 Å². The Morgan fingerprint density at radius 2 is 2.00 bits per heavy atom. The van der Waals surface area contributed by atoms with E-state index in [1.807, 2.05) is 43.0 Å². The number of hydrogen-bond acceptors (Lipinski definition) is 4. The van der Waals surface area contributed by atoms with Crippen LogP contribution in [0.2, 0.25) is 0 Å². The van der Waals surface area contributed by atoms with Gasteiger partial charge in [-0.25, -0.2) is 8.42 Å². The van der Waals surface area contributed by atoms with E-state index in [4.69, 9.17) is 0 Å². The molecule has 0 aromatic heterocycles. The van der Waals surface area contributed by atoms with E-state index in [2.05, 4.69) is 28.1 Å². The first-order chi connectivity index (χ1) is 13.8. The Morgan fingerprint density at radius 3 is 2.62 bits per heavy atom. The Kier molecular flexibility index (Phi) is 7.36. The SMILES string of the molecule is CC1=CC(C)(S(=O)(=O)N2C=CC(O)C2)CC(c2ccccc2)=C1SCCCCBr. The van der Waals surface area contributed by atoms with Gasteiger partial charge in [0.2, 0.25) is 10.0 Å². The number of thioether (sulfide) groups is 1.